The summed E-state index contributed by atoms with van der Waals surface area (Å²) in [6.45, 7) is 14.0. The van der Waals surface area contributed by atoms with Crippen molar-refractivity contribution in [1.82, 2.24) is 5.32 Å². The van der Waals surface area contributed by atoms with Crippen LogP contribution in [-0.4, -0.2) is 31.7 Å². The molecule has 1 aromatic carbocycles. The number of allylic oxidation sites excluding steroid dienone is 3. The lowest BCUT2D eigenvalue weighted by Crippen LogP contribution is -2.26. The normalized spacial score (nSPS) is 16.7. The van der Waals surface area contributed by atoms with E-state index in [0.29, 0.717) is 6.54 Å². The van der Waals surface area contributed by atoms with E-state index in [0.717, 1.165) is 41.0 Å². The first-order chi connectivity index (χ1) is 13.5. The summed E-state index contributed by atoms with van der Waals surface area (Å²) in [6.07, 6.45) is 8.87. The molecule has 0 heterocycles. The van der Waals surface area contributed by atoms with Gasteiger partial charge in [0.2, 0.25) is 0 Å². The number of amidine groups is 1. The molecule has 152 valence electrons. The second kappa shape index (κ2) is 13.1. The Balaban J connectivity index is 0.00000190. The van der Waals surface area contributed by atoms with Crippen molar-refractivity contribution in [2.45, 2.75) is 46.1 Å². The van der Waals surface area contributed by atoms with Crippen LogP contribution < -0.4 is 10.6 Å². The molecule has 0 saturated carbocycles. The smallest absolute Gasteiger partial charge is 0.123 e. The Labute approximate surface area is 178 Å². The van der Waals surface area contributed by atoms with Crippen molar-refractivity contribution in [3.8, 4) is 0 Å². The van der Waals surface area contributed by atoms with Crippen LogP contribution in [0.2, 0.25) is 0 Å². The van der Waals surface area contributed by atoms with Gasteiger partial charge >= 0.3 is 0 Å². The van der Waals surface area contributed by atoms with Crippen LogP contribution in [0.3, 0.4) is 0 Å². The number of hydrogen-bond acceptors (Lipinski definition) is 3. The summed E-state index contributed by atoms with van der Waals surface area (Å²) < 4.78 is 1.08. The first-order valence-corrected chi connectivity index (χ1v) is 10.6. The fraction of sp³-hybridized carbons (Fsp3) is 0.391. The van der Waals surface area contributed by atoms with Crippen LogP contribution >= 0.6 is 15.9 Å². The molecule has 0 spiro atoms. The molecule has 0 radical (unpaired) electrons. The molecule has 0 saturated heterocycles. The van der Waals surface area contributed by atoms with E-state index in [1.54, 1.807) is 12.3 Å². The predicted octanol–water partition coefficient (Wildman–Crippen LogP) is 6.23. The van der Waals surface area contributed by atoms with E-state index in [4.69, 9.17) is 4.99 Å². The zero-order valence-corrected chi connectivity index (χ0v) is 19.1. The van der Waals surface area contributed by atoms with Gasteiger partial charge in [-0.05, 0) is 50.0 Å². The lowest BCUT2D eigenvalue weighted by Gasteiger charge is -2.22. The minimum Gasteiger partial charge on any atom is -0.388 e. The van der Waals surface area contributed by atoms with Crippen molar-refractivity contribution in [2.75, 3.05) is 18.9 Å². The van der Waals surface area contributed by atoms with E-state index in [2.05, 4.69) is 69.0 Å². The van der Waals surface area contributed by atoms with E-state index in [1.165, 1.54) is 11.1 Å². The summed E-state index contributed by atoms with van der Waals surface area (Å²) in [5.74, 6) is 0.834. The Morgan fingerprint density at radius 1 is 1.36 bits per heavy atom. The SMILES string of the molecule is C=CC=NCC(=NC1C=C(c2cc(Br)ccc2NC)CCC1)NC(=C)C.CC. The van der Waals surface area contributed by atoms with E-state index in [9.17, 15) is 0 Å². The quantitative estimate of drug-likeness (QED) is 0.386. The minimum atomic E-state index is 0.142. The topological polar surface area (TPSA) is 48.8 Å². The van der Waals surface area contributed by atoms with E-state index >= 15 is 0 Å². The predicted molar refractivity (Wildman–Crippen MR) is 130 cm³/mol. The Morgan fingerprint density at radius 2 is 2.11 bits per heavy atom. The summed E-state index contributed by atoms with van der Waals surface area (Å²) in [4.78, 5) is 9.20. The molecule has 1 aromatic rings. The van der Waals surface area contributed by atoms with Crippen molar-refractivity contribution < 1.29 is 0 Å². The number of benzene rings is 1. The van der Waals surface area contributed by atoms with E-state index in [1.807, 2.05) is 27.8 Å². The van der Waals surface area contributed by atoms with Gasteiger partial charge in [0.1, 0.15) is 5.84 Å². The first-order valence-electron chi connectivity index (χ1n) is 9.82. The Hall–Kier alpha value is -2.14. The number of hydrogen-bond donors (Lipinski definition) is 2. The second-order valence-corrected chi connectivity index (χ2v) is 7.21. The molecule has 0 aliphatic heterocycles. The molecule has 2 N–H and O–H groups in total. The second-order valence-electron chi connectivity index (χ2n) is 6.30. The Morgan fingerprint density at radius 3 is 2.75 bits per heavy atom. The van der Waals surface area contributed by atoms with Gasteiger partial charge in [-0.25, -0.2) is 0 Å². The molecule has 5 heteroatoms. The van der Waals surface area contributed by atoms with Gasteiger partial charge in [0, 0.05) is 34.7 Å². The van der Waals surface area contributed by atoms with Crippen LogP contribution in [0.15, 0.2) is 63.7 Å². The van der Waals surface area contributed by atoms with Crippen molar-refractivity contribution >= 4 is 39.2 Å². The number of nitrogens with one attached hydrogen (secondary N) is 2. The molecular formula is C23H33BrN4. The lowest BCUT2D eigenvalue weighted by atomic mass is 9.90. The van der Waals surface area contributed by atoms with Gasteiger partial charge in [-0.3, -0.25) is 9.98 Å². The highest BCUT2D eigenvalue weighted by atomic mass is 79.9. The highest BCUT2D eigenvalue weighted by molar-refractivity contribution is 9.10. The molecule has 4 nitrogen and oxygen atoms in total. The zero-order valence-electron chi connectivity index (χ0n) is 17.6. The summed E-state index contributed by atoms with van der Waals surface area (Å²) in [5, 5.41) is 6.52. The maximum Gasteiger partial charge on any atom is 0.123 e. The lowest BCUT2D eigenvalue weighted by molar-refractivity contribution is 0.653. The molecule has 1 unspecified atom stereocenters. The maximum atomic E-state index is 4.89. The van der Waals surface area contributed by atoms with Crippen molar-refractivity contribution in [3.05, 3.63) is 59.2 Å². The van der Waals surface area contributed by atoms with Crippen LogP contribution in [0.5, 0.6) is 0 Å². The molecule has 0 amide bonds. The molecule has 28 heavy (non-hydrogen) atoms. The minimum absolute atomic E-state index is 0.142. The fourth-order valence-electron chi connectivity index (χ4n) is 3.00. The van der Waals surface area contributed by atoms with E-state index < -0.39 is 0 Å². The third kappa shape index (κ3) is 7.85. The molecule has 1 aliphatic carbocycles. The number of nitrogens with zero attached hydrogens (tertiary/aromatic N) is 2. The van der Waals surface area contributed by atoms with Crippen LogP contribution in [0.4, 0.5) is 5.69 Å². The van der Waals surface area contributed by atoms with E-state index in [-0.39, 0.29) is 6.04 Å². The van der Waals surface area contributed by atoms with Gasteiger partial charge in [0.25, 0.3) is 0 Å². The van der Waals surface area contributed by atoms with Gasteiger partial charge in [-0.1, -0.05) is 55.1 Å². The first kappa shape index (κ1) is 23.9. The molecule has 0 aromatic heterocycles. The van der Waals surface area contributed by atoms with Crippen molar-refractivity contribution in [3.63, 3.8) is 0 Å². The average molecular weight is 445 g/mol. The number of halogens is 1. The average Bonchev–Trinajstić information content (AvgIpc) is 2.69. The van der Waals surface area contributed by atoms with Gasteiger partial charge < -0.3 is 10.6 Å². The van der Waals surface area contributed by atoms with Crippen LogP contribution in [0, 0.1) is 0 Å². The van der Waals surface area contributed by atoms with Crippen LogP contribution in [0.1, 0.15) is 45.6 Å². The van der Waals surface area contributed by atoms with Gasteiger partial charge in [-0.2, -0.15) is 0 Å². The molecule has 1 aliphatic rings. The fourth-order valence-corrected chi connectivity index (χ4v) is 3.36. The molecular weight excluding hydrogens is 412 g/mol. The standard InChI is InChI=1S/C21H27BrN4.C2H6/c1-5-11-24-14-21(25-15(2)3)26-18-8-6-7-16(12-18)19-13-17(22)9-10-20(19)23-4;1-2/h5,9-13,18,23H,1-2,6-8,14H2,3-4H3,(H,25,26);1-2H3. The molecule has 0 bridgehead atoms. The Kier molecular flexibility index (Phi) is 11.2. The van der Waals surface area contributed by atoms with Crippen molar-refractivity contribution in [2.24, 2.45) is 9.98 Å². The summed E-state index contributed by atoms with van der Waals surface area (Å²) in [6, 6.07) is 6.47. The monoisotopic (exact) mass is 444 g/mol. The molecule has 0 fully saturated rings. The largest absolute Gasteiger partial charge is 0.388 e. The van der Waals surface area contributed by atoms with Crippen LogP contribution in [-0.2, 0) is 0 Å². The number of rotatable bonds is 7. The highest BCUT2D eigenvalue weighted by Gasteiger charge is 2.17. The van der Waals surface area contributed by atoms with Gasteiger partial charge in [0.05, 0.1) is 12.6 Å². The maximum absolute atomic E-state index is 4.89. The third-order valence-electron chi connectivity index (χ3n) is 4.07. The number of anilines is 1. The van der Waals surface area contributed by atoms with Gasteiger partial charge in [-0.15, -0.1) is 0 Å². The Bertz CT molecular complexity index is 747. The summed E-state index contributed by atoms with van der Waals surface area (Å²) >= 11 is 3.58. The molecule has 1 atom stereocenters. The van der Waals surface area contributed by atoms with Crippen LogP contribution in [0.25, 0.3) is 5.57 Å². The third-order valence-corrected chi connectivity index (χ3v) is 4.56. The summed E-state index contributed by atoms with van der Waals surface area (Å²) in [7, 11) is 1.96. The molecule has 2 rings (SSSR count). The zero-order chi connectivity index (χ0) is 20.9. The highest BCUT2D eigenvalue weighted by Crippen LogP contribution is 2.34. The number of aliphatic imine (C=N–C) groups is 2. The summed E-state index contributed by atoms with van der Waals surface area (Å²) in [5.41, 5.74) is 4.57. The van der Waals surface area contributed by atoms with Gasteiger partial charge in [0.15, 0.2) is 0 Å². The van der Waals surface area contributed by atoms with Crippen molar-refractivity contribution in [1.29, 1.82) is 0 Å².